The molecule has 2 N–H and O–H groups in total. The third kappa shape index (κ3) is 3.80. The van der Waals surface area contributed by atoms with Crippen molar-refractivity contribution in [2.75, 3.05) is 19.8 Å². The van der Waals surface area contributed by atoms with Gasteiger partial charge in [-0.25, -0.2) is 0 Å². The number of ether oxygens (including phenoxy) is 1. The lowest BCUT2D eigenvalue weighted by Crippen LogP contribution is -2.43. The van der Waals surface area contributed by atoms with E-state index in [2.05, 4.69) is 5.32 Å². The molecule has 0 aliphatic carbocycles. The average molecular weight is 255 g/mol. The first-order valence-corrected chi connectivity index (χ1v) is 6.70. The van der Waals surface area contributed by atoms with Crippen LogP contribution in [0, 0.1) is 0 Å². The highest BCUT2D eigenvalue weighted by Gasteiger charge is 2.32. The molecule has 4 nitrogen and oxygen atoms in total. The van der Waals surface area contributed by atoms with Crippen LogP contribution in [0.3, 0.4) is 0 Å². The number of amides is 1. The van der Waals surface area contributed by atoms with Crippen LogP contribution in [0.5, 0.6) is 0 Å². The number of nitrogens with one attached hydrogen (secondary N) is 1. The third-order valence-electron chi connectivity index (χ3n) is 2.92. The highest BCUT2D eigenvalue weighted by molar-refractivity contribution is 7.07. The van der Waals surface area contributed by atoms with Crippen LogP contribution in [0.25, 0.3) is 0 Å². The van der Waals surface area contributed by atoms with Gasteiger partial charge in [-0.05, 0) is 28.8 Å². The molecular formula is C12H17NO3S. The Kier molecular flexibility index (Phi) is 4.15. The first-order chi connectivity index (χ1) is 8.18. The Morgan fingerprint density at radius 3 is 3.18 bits per heavy atom. The molecule has 2 heterocycles. The van der Waals surface area contributed by atoms with Crippen LogP contribution in [-0.2, 0) is 16.0 Å². The van der Waals surface area contributed by atoms with Crippen LogP contribution in [0.15, 0.2) is 16.8 Å². The SMILES string of the molecule is O=C(CCc1ccsc1)NC[C@]1(O)CCOC1. The zero-order chi connectivity index (χ0) is 12.1. The molecule has 1 aromatic rings. The summed E-state index contributed by atoms with van der Waals surface area (Å²) in [5.74, 6) is -0.0171. The van der Waals surface area contributed by atoms with Crippen molar-refractivity contribution in [3.05, 3.63) is 22.4 Å². The molecule has 1 amide bonds. The van der Waals surface area contributed by atoms with Gasteiger partial charge in [-0.2, -0.15) is 11.3 Å². The van der Waals surface area contributed by atoms with Crippen molar-refractivity contribution < 1.29 is 14.6 Å². The molecule has 0 bridgehead atoms. The molecule has 1 aromatic heterocycles. The van der Waals surface area contributed by atoms with Crippen molar-refractivity contribution in [1.82, 2.24) is 5.32 Å². The largest absolute Gasteiger partial charge is 0.386 e. The maximum atomic E-state index is 11.6. The van der Waals surface area contributed by atoms with Gasteiger partial charge in [0, 0.05) is 26.0 Å². The predicted octanol–water partition coefficient (Wildman–Crippen LogP) is 0.948. The molecule has 0 radical (unpaired) electrons. The minimum Gasteiger partial charge on any atom is -0.386 e. The van der Waals surface area contributed by atoms with E-state index < -0.39 is 5.60 Å². The van der Waals surface area contributed by atoms with E-state index >= 15 is 0 Å². The molecule has 0 aromatic carbocycles. The van der Waals surface area contributed by atoms with Crippen molar-refractivity contribution in [3.63, 3.8) is 0 Å². The smallest absolute Gasteiger partial charge is 0.220 e. The van der Waals surface area contributed by atoms with E-state index in [0.717, 1.165) is 6.42 Å². The zero-order valence-electron chi connectivity index (χ0n) is 9.65. The minimum absolute atomic E-state index is 0.0171. The summed E-state index contributed by atoms with van der Waals surface area (Å²) >= 11 is 1.64. The fraction of sp³-hybridized carbons (Fsp3) is 0.583. The third-order valence-corrected chi connectivity index (χ3v) is 3.65. The summed E-state index contributed by atoms with van der Waals surface area (Å²) in [7, 11) is 0. The number of rotatable bonds is 5. The minimum atomic E-state index is -0.863. The quantitative estimate of drug-likeness (QED) is 0.823. The molecule has 1 atom stereocenters. The number of aliphatic hydroxyl groups is 1. The molecule has 1 aliphatic rings. The molecule has 2 rings (SSSR count). The number of carbonyl (C=O) groups excluding carboxylic acids is 1. The zero-order valence-corrected chi connectivity index (χ0v) is 10.5. The Morgan fingerprint density at radius 2 is 2.53 bits per heavy atom. The lowest BCUT2D eigenvalue weighted by atomic mass is 10.0. The van der Waals surface area contributed by atoms with Gasteiger partial charge in [0.2, 0.25) is 5.91 Å². The van der Waals surface area contributed by atoms with E-state index in [1.54, 1.807) is 11.3 Å². The first-order valence-electron chi connectivity index (χ1n) is 5.76. The van der Waals surface area contributed by atoms with Crippen LogP contribution < -0.4 is 5.32 Å². The summed E-state index contributed by atoms with van der Waals surface area (Å²) in [5, 5.41) is 16.8. The second-order valence-corrected chi connectivity index (χ2v) is 5.22. The van der Waals surface area contributed by atoms with E-state index in [-0.39, 0.29) is 12.5 Å². The maximum absolute atomic E-state index is 11.6. The van der Waals surface area contributed by atoms with Gasteiger partial charge in [-0.15, -0.1) is 0 Å². The fourth-order valence-electron chi connectivity index (χ4n) is 1.78. The van der Waals surface area contributed by atoms with Gasteiger partial charge in [-0.3, -0.25) is 4.79 Å². The lowest BCUT2D eigenvalue weighted by molar-refractivity contribution is -0.122. The predicted molar refractivity (Wildman–Crippen MR) is 66.0 cm³/mol. The second-order valence-electron chi connectivity index (χ2n) is 4.44. The summed E-state index contributed by atoms with van der Waals surface area (Å²) in [6, 6.07) is 2.02. The van der Waals surface area contributed by atoms with Crippen LogP contribution >= 0.6 is 11.3 Å². The van der Waals surface area contributed by atoms with Gasteiger partial charge in [0.25, 0.3) is 0 Å². The normalized spacial score (nSPS) is 23.8. The number of carbonyl (C=O) groups is 1. The standard InChI is InChI=1S/C12H17NO3S/c14-11(2-1-10-3-6-17-7-10)13-8-12(15)4-5-16-9-12/h3,6-7,15H,1-2,4-5,8-9H2,(H,13,14)/t12-/m1/s1. The second kappa shape index (κ2) is 5.62. The lowest BCUT2D eigenvalue weighted by Gasteiger charge is -2.20. The van der Waals surface area contributed by atoms with Gasteiger partial charge >= 0.3 is 0 Å². The number of hydrogen-bond donors (Lipinski definition) is 2. The van der Waals surface area contributed by atoms with Gasteiger partial charge in [0.05, 0.1) is 6.61 Å². The molecule has 0 saturated carbocycles. The molecular weight excluding hydrogens is 238 g/mol. The van der Waals surface area contributed by atoms with Gasteiger partial charge in [0.1, 0.15) is 5.60 Å². The Labute approximate surface area is 105 Å². The molecule has 94 valence electrons. The number of aryl methyl sites for hydroxylation is 1. The Hall–Kier alpha value is -0.910. The van der Waals surface area contributed by atoms with Crippen molar-refractivity contribution in [2.45, 2.75) is 24.9 Å². The van der Waals surface area contributed by atoms with E-state index in [1.165, 1.54) is 5.56 Å². The van der Waals surface area contributed by atoms with Crippen molar-refractivity contribution in [1.29, 1.82) is 0 Å². The highest BCUT2D eigenvalue weighted by atomic mass is 32.1. The van der Waals surface area contributed by atoms with E-state index in [9.17, 15) is 9.90 Å². The average Bonchev–Trinajstić information content (AvgIpc) is 2.95. The van der Waals surface area contributed by atoms with Crippen molar-refractivity contribution >= 4 is 17.2 Å². The van der Waals surface area contributed by atoms with Crippen LogP contribution in [-0.4, -0.2) is 36.4 Å². The van der Waals surface area contributed by atoms with Crippen molar-refractivity contribution in [2.24, 2.45) is 0 Å². The van der Waals surface area contributed by atoms with Gasteiger partial charge in [-0.1, -0.05) is 0 Å². The maximum Gasteiger partial charge on any atom is 0.220 e. The molecule has 5 heteroatoms. The summed E-state index contributed by atoms with van der Waals surface area (Å²) in [4.78, 5) is 11.6. The van der Waals surface area contributed by atoms with Crippen LogP contribution in [0.1, 0.15) is 18.4 Å². The Morgan fingerprint density at radius 1 is 1.65 bits per heavy atom. The van der Waals surface area contributed by atoms with E-state index in [4.69, 9.17) is 4.74 Å². The van der Waals surface area contributed by atoms with E-state index in [0.29, 0.717) is 26.1 Å². The highest BCUT2D eigenvalue weighted by Crippen LogP contribution is 2.17. The van der Waals surface area contributed by atoms with Gasteiger partial charge < -0.3 is 15.2 Å². The Bertz CT molecular complexity index is 358. The fourth-order valence-corrected chi connectivity index (χ4v) is 2.48. The number of thiophene rings is 1. The van der Waals surface area contributed by atoms with Crippen LogP contribution in [0.2, 0.25) is 0 Å². The molecule has 1 saturated heterocycles. The summed E-state index contributed by atoms with van der Waals surface area (Å²) in [5.41, 5.74) is 0.325. The Balaban J connectivity index is 1.67. The molecule has 0 unspecified atom stereocenters. The molecule has 1 fully saturated rings. The number of hydrogen-bond acceptors (Lipinski definition) is 4. The molecule has 0 spiro atoms. The first kappa shape index (κ1) is 12.5. The summed E-state index contributed by atoms with van der Waals surface area (Å²) in [6.45, 7) is 1.18. The summed E-state index contributed by atoms with van der Waals surface area (Å²) < 4.78 is 5.11. The van der Waals surface area contributed by atoms with E-state index in [1.807, 2.05) is 16.8 Å². The monoisotopic (exact) mass is 255 g/mol. The topological polar surface area (TPSA) is 58.6 Å². The van der Waals surface area contributed by atoms with Crippen LogP contribution in [0.4, 0.5) is 0 Å². The summed E-state index contributed by atoms with van der Waals surface area (Å²) in [6.07, 6.45) is 1.82. The van der Waals surface area contributed by atoms with Gasteiger partial charge in [0.15, 0.2) is 0 Å². The molecule has 1 aliphatic heterocycles. The van der Waals surface area contributed by atoms with Crippen molar-refractivity contribution in [3.8, 4) is 0 Å². The molecule has 17 heavy (non-hydrogen) atoms.